The van der Waals surface area contributed by atoms with Crippen molar-refractivity contribution in [3.63, 3.8) is 0 Å². The van der Waals surface area contributed by atoms with Crippen LogP contribution in [0.15, 0.2) is 48.5 Å². The number of amides is 1. The predicted molar refractivity (Wildman–Crippen MR) is 71.8 cm³/mol. The number of nitrogens with zero attached hydrogens (tertiary/aromatic N) is 3. The van der Waals surface area contributed by atoms with Gasteiger partial charge < -0.3 is 5.53 Å². The zero-order chi connectivity index (χ0) is 14.1. The first-order chi connectivity index (χ1) is 9.70. The maximum atomic E-state index is 13.4. The van der Waals surface area contributed by atoms with Crippen molar-refractivity contribution in [2.24, 2.45) is 0 Å². The van der Waals surface area contributed by atoms with E-state index in [9.17, 15) is 9.18 Å². The zero-order valence-electron chi connectivity index (χ0n) is 10.5. The molecule has 0 bridgehead atoms. The fourth-order valence-corrected chi connectivity index (χ4v) is 2.30. The predicted octanol–water partition coefficient (Wildman–Crippen LogP) is 2.39. The average molecular weight is 267 g/mol. The van der Waals surface area contributed by atoms with E-state index < -0.39 is 11.7 Å². The summed E-state index contributed by atoms with van der Waals surface area (Å²) in [5, 5.41) is 0. The van der Waals surface area contributed by atoms with E-state index in [0.717, 1.165) is 5.56 Å². The van der Waals surface area contributed by atoms with E-state index >= 15 is 0 Å². The molecule has 98 valence electrons. The first-order valence-electron chi connectivity index (χ1n) is 6.08. The molecule has 0 radical (unpaired) electrons. The number of hydrogen-bond donors (Lipinski definition) is 0. The van der Waals surface area contributed by atoms with Gasteiger partial charge in [0.2, 0.25) is 0 Å². The van der Waals surface area contributed by atoms with Crippen LogP contribution in [0.2, 0.25) is 0 Å². The SMILES string of the molecule is [N-]=[N+]=C1C(=O)N(Cc2ccccc2)c2cc(F)ccc21. The summed E-state index contributed by atoms with van der Waals surface area (Å²) in [5.74, 6) is -0.870. The second kappa shape index (κ2) is 4.72. The van der Waals surface area contributed by atoms with Gasteiger partial charge in [0, 0.05) is 0 Å². The highest BCUT2D eigenvalue weighted by Crippen LogP contribution is 2.30. The molecule has 2 aromatic carbocycles. The van der Waals surface area contributed by atoms with Crippen LogP contribution in [-0.4, -0.2) is 16.4 Å². The van der Waals surface area contributed by atoms with Gasteiger partial charge in [-0.3, -0.25) is 9.69 Å². The Kier molecular flexibility index (Phi) is 2.89. The van der Waals surface area contributed by atoms with Crippen molar-refractivity contribution in [1.29, 1.82) is 0 Å². The molecule has 1 aliphatic rings. The molecule has 3 rings (SSSR count). The minimum atomic E-state index is -0.436. The summed E-state index contributed by atoms with van der Waals surface area (Å²) < 4.78 is 13.4. The summed E-state index contributed by atoms with van der Waals surface area (Å²) in [6, 6.07) is 13.3. The van der Waals surface area contributed by atoms with Crippen LogP contribution < -0.4 is 4.90 Å². The maximum absolute atomic E-state index is 13.4. The maximum Gasteiger partial charge on any atom is 0.389 e. The van der Waals surface area contributed by atoms with E-state index in [1.54, 1.807) is 0 Å². The van der Waals surface area contributed by atoms with E-state index in [2.05, 4.69) is 4.79 Å². The van der Waals surface area contributed by atoms with Gasteiger partial charge in [0.05, 0.1) is 17.8 Å². The van der Waals surface area contributed by atoms with E-state index in [4.69, 9.17) is 5.53 Å². The third kappa shape index (κ3) is 1.90. The van der Waals surface area contributed by atoms with Gasteiger partial charge in [0.25, 0.3) is 0 Å². The molecule has 5 heteroatoms. The molecule has 1 heterocycles. The summed E-state index contributed by atoms with van der Waals surface area (Å²) in [7, 11) is 0. The van der Waals surface area contributed by atoms with Crippen molar-refractivity contribution in [2.75, 3.05) is 4.90 Å². The number of rotatable bonds is 2. The van der Waals surface area contributed by atoms with Crippen molar-refractivity contribution in [2.45, 2.75) is 6.54 Å². The van der Waals surface area contributed by atoms with Gasteiger partial charge >= 0.3 is 11.6 Å². The number of hydrogen-bond acceptors (Lipinski definition) is 1. The highest BCUT2D eigenvalue weighted by Gasteiger charge is 2.40. The normalized spacial score (nSPS) is 13.3. The van der Waals surface area contributed by atoms with E-state index in [1.165, 1.54) is 23.1 Å². The molecule has 1 amide bonds. The molecule has 2 aromatic rings. The van der Waals surface area contributed by atoms with Crippen LogP contribution in [-0.2, 0) is 11.3 Å². The van der Waals surface area contributed by atoms with Crippen LogP contribution in [0.25, 0.3) is 5.53 Å². The lowest BCUT2D eigenvalue weighted by Gasteiger charge is -2.15. The third-order valence-corrected chi connectivity index (χ3v) is 3.24. The molecule has 0 N–H and O–H groups in total. The second-order valence-corrected chi connectivity index (χ2v) is 4.49. The van der Waals surface area contributed by atoms with Gasteiger partial charge in [-0.2, -0.15) is 4.79 Å². The van der Waals surface area contributed by atoms with Crippen LogP contribution in [0.5, 0.6) is 0 Å². The molecule has 0 aliphatic carbocycles. The molecule has 0 fully saturated rings. The summed E-state index contributed by atoms with van der Waals surface area (Å²) in [6.07, 6.45) is 0. The monoisotopic (exact) mass is 267 g/mol. The molecule has 0 saturated carbocycles. The van der Waals surface area contributed by atoms with Crippen LogP contribution in [0.4, 0.5) is 10.1 Å². The summed E-state index contributed by atoms with van der Waals surface area (Å²) in [4.78, 5) is 16.7. The molecular weight excluding hydrogens is 257 g/mol. The average Bonchev–Trinajstić information content (AvgIpc) is 2.72. The molecule has 1 aliphatic heterocycles. The Morgan fingerprint density at radius 2 is 1.90 bits per heavy atom. The highest BCUT2D eigenvalue weighted by atomic mass is 19.1. The molecule has 0 atom stereocenters. The Morgan fingerprint density at radius 1 is 1.15 bits per heavy atom. The largest absolute Gasteiger partial charge is 0.389 e. The van der Waals surface area contributed by atoms with Crippen LogP contribution in [0.3, 0.4) is 0 Å². The smallest absolute Gasteiger partial charge is 0.361 e. The van der Waals surface area contributed by atoms with Gasteiger partial charge in [-0.15, -0.1) is 0 Å². The first kappa shape index (κ1) is 12.3. The Morgan fingerprint density at radius 3 is 2.60 bits per heavy atom. The van der Waals surface area contributed by atoms with Gasteiger partial charge in [-0.1, -0.05) is 30.3 Å². The van der Waals surface area contributed by atoms with E-state index in [1.807, 2.05) is 30.3 Å². The third-order valence-electron chi connectivity index (χ3n) is 3.24. The highest BCUT2D eigenvalue weighted by molar-refractivity contribution is 6.52. The Bertz CT molecular complexity index is 736. The quantitative estimate of drug-likeness (QED) is 0.609. The van der Waals surface area contributed by atoms with Crippen molar-refractivity contribution in [1.82, 2.24) is 0 Å². The second-order valence-electron chi connectivity index (χ2n) is 4.49. The number of anilines is 1. The number of benzene rings is 2. The van der Waals surface area contributed by atoms with E-state index in [0.29, 0.717) is 17.8 Å². The van der Waals surface area contributed by atoms with Crippen molar-refractivity contribution in [3.05, 3.63) is 71.0 Å². The van der Waals surface area contributed by atoms with E-state index in [-0.39, 0.29) is 5.71 Å². The Balaban J connectivity index is 2.07. The lowest BCUT2D eigenvalue weighted by atomic mass is 10.1. The number of fused-ring (bicyclic) bond motifs is 1. The van der Waals surface area contributed by atoms with Crippen molar-refractivity contribution in [3.8, 4) is 0 Å². The van der Waals surface area contributed by atoms with Gasteiger partial charge in [0.15, 0.2) is 0 Å². The molecule has 0 aromatic heterocycles. The standard InChI is InChI=1S/C15H10FN3O/c16-11-6-7-12-13(8-11)19(15(20)14(12)18-17)9-10-4-2-1-3-5-10/h1-8H,9H2. The first-order valence-corrected chi connectivity index (χ1v) is 6.08. The fraction of sp³-hybridized carbons (Fsp3) is 0.0667. The Labute approximate surface area is 114 Å². The molecule has 0 saturated heterocycles. The molecule has 4 nitrogen and oxygen atoms in total. The number of carbonyl (C=O) groups excluding carboxylic acids is 1. The van der Waals surface area contributed by atoms with Gasteiger partial charge in [-0.25, -0.2) is 4.39 Å². The van der Waals surface area contributed by atoms with Gasteiger partial charge in [-0.05, 0) is 23.8 Å². The zero-order valence-corrected chi connectivity index (χ0v) is 10.5. The molecule has 20 heavy (non-hydrogen) atoms. The van der Waals surface area contributed by atoms with Crippen LogP contribution >= 0.6 is 0 Å². The summed E-state index contributed by atoms with van der Waals surface area (Å²) in [6.45, 7) is 0.301. The fourth-order valence-electron chi connectivity index (χ4n) is 2.30. The molecular formula is C15H10FN3O. The van der Waals surface area contributed by atoms with Crippen molar-refractivity contribution < 1.29 is 14.0 Å². The topological polar surface area (TPSA) is 56.7 Å². The number of halogens is 1. The summed E-state index contributed by atoms with van der Waals surface area (Å²) in [5.41, 5.74) is 10.7. The Hall–Kier alpha value is -2.78. The minimum absolute atomic E-state index is 0.0593. The molecule has 0 spiro atoms. The summed E-state index contributed by atoms with van der Waals surface area (Å²) >= 11 is 0. The lowest BCUT2D eigenvalue weighted by molar-refractivity contribution is -0.116. The van der Waals surface area contributed by atoms with Crippen LogP contribution in [0, 0.1) is 5.82 Å². The minimum Gasteiger partial charge on any atom is -0.361 e. The number of carbonyl (C=O) groups is 1. The van der Waals surface area contributed by atoms with Gasteiger partial charge in [0.1, 0.15) is 5.82 Å². The lowest BCUT2D eigenvalue weighted by Crippen LogP contribution is -2.29. The van der Waals surface area contributed by atoms with Crippen LogP contribution in [0.1, 0.15) is 11.1 Å². The van der Waals surface area contributed by atoms with Crippen molar-refractivity contribution >= 4 is 17.3 Å². The molecule has 0 unspecified atom stereocenters.